The third-order valence-corrected chi connectivity index (χ3v) is 1.20. The zero-order valence-electron chi connectivity index (χ0n) is 5.54. The highest BCUT2D eigenvalue weighted by Crippen LogP contribution is 2.02. The van der Waals surface area contributed by atoms with Crippen LogP contribution in [0.1, 0.15) is 5.69 Å². The molecule has 0 aliphatic heterocycles. The van der Waals surface area contributed by atoms with Crippen molar-refractivity contribution in [1.29, 1.82) is 0 Å². The monoisotopic (exact) mass is 138 g/mol. The number of aromatic nitrogens is 1. The van der Waals surface area contributed by atoms with Crippen molar-refractivity contribution in [3.05, 3.63) is 24.0 Å². The van der Waals surface area contributed by atoms with Gasteiger partial charge in [0.05, 0.1) is 17.6 Å². The van der Waals surface area contributed by atoms with E-state index in [9.17, 15) is 0 Å². The Morgan fingerprint density at radius 1 is 1.50 bits per heavy atom. The van der Waals surface area contributed by atoms with Crippen LogP contribution in [-0.4, -0.2) is 4.98 Å². The van der Waals surface area contributed by atoms with Crippen molar-refractivity contribution in [2.45, 2.75) is 6.54 Å². The quantitative estimate of drug-likeness (QED) is 0.391. The van der Waals surface area contributed by atoms with E-state index in [1.54, 1.807) is 6.20 Å². The van der Waals surface area contributed by atoms with Gasteiger partial charge in [0.2, 0.25) is 0 Å². The Balaban J connectivity index is 2.80. The molecule has 54 valence electrons. The van der Waals surface area contributed by atoms with Gasteiger partial charge < -0.3 is 11.2 Å². The molecule has 0 spiro atoms. The maximum absolute atomic E-state index is 5.33. The predicted molar refractivity (Wildman–Crippen MR) is 39.9 cm³/mol. The number of nitrogen functional groups attached to an aromatic ring is 1. The molecule has 0 saturated heterocycles. The summed E-state index contributed by atoms with van der Waals surface area (Å²) < 4.78 is 0. The molecule has 1 aromatic rings. The molecule has 4 heteroatoms. The summed E-state index contributed by atoms with van der Waals surface area (Å²) in [6.07, 6.45) is 1.64. The molecule has 0 saturated carbocycles. The molecule has 0 atom stereocenters. The molecule has 1 rings (SSSR count). The fourth-order valence-electron chi connectivity index (χ4n) is 0.631. The van der Waals surface area contributed by atoms with Crippen molar-refractivity contribution in [2.75, 3.05) is 5.43 Å². The molecule has 0 fully saturated rings. The van der Waals surface area contributed by atoms with E-state index >= 15 is 0 Å². The third kappa shape index (κ3) is 1.43. The molecule has 0 radical (unpaired) electrons. The van der Waals surface area contributed by atoms with Crippen LogP contribution in [0.5, 0.6) is 0 Å². The van der Waals surface area contributed by atoms with Gasteiger partial charge in [0.15, 0.2) is 0 Å². The Morgan fingerprint density at radius 2 is 2.30 bits per heavy atom. The highest BCUT2D eigenvalue weighted by molar-refractivity contribution is 5.39. The summed E-state index contributed by atoms with van der Waals surface area (Å²) in [7, 11) is 0. The second kappa shape index (κ2) is 3.14. The average molecular weight is 138 g/mol. The Hall–Kier alpha value is -1.13. The predicted octanol–water partition coefficient (Wildman–Crippen LogP) is -0.174. The first-order valence-corrected chi connectivity index (χ1v) is 2.98. The summed E-state index contributed by atoms with van der Waals surface area (Å²) >= 11 is 0. The lowest BCUT2D eigenvalue weighted by atomic mass is 10.3. The first kappa shape index (κ1) is 6.98. The molecule has 0 amide bonds. The lowest BCUT2D eigenvalue weighted by Crippen LogP contribution is -2.07. The Bertz CT molecular complexity index is 170. The van der Waals surface area contributed by atoms with E-state index in [4.69, 9.17) is 11.6 Å². The number of nitrogens with two attached hydrogens (primary N) is 2. The Morgan fingerprint density at radius 3 is 2.70 bits per heavy atom. The Labute approximate surface area is 59.2 Å². The van der Waals surface area contributed by atoms with Crippen LogP contribution < -0.4 is 17.0 Å². The van der Waals surface area contributed by atoms with E-state index in [2.05, 4.69) is 10.4 Å². The average Bonchev–Trinajstić information content (AvgIpc) is 2.05. The number of anilines is 1. The normalized spacial score (nSPS) is 9.40. The molecule has 10 heavy (non-hydrogen) atoms. The van der Waals surface area contributed by atoms with Gasteiger partial charge in [-0.15, -0.1) is 0 Å². The lowest BCUT2D eigenvalue weighted by molar-refractivity contribution is 0.990. The van der Waals surface area contributed by atoms with E-state index in [0.29, 0.717) is 6.54 Å². The molecule has 4 nitrogen and oxygen atoms in total. The van der Waals surface area contributed by atoms with Gasteiger partial charge in [-0.2, -0.15) is 0 Å². The molecule has 0 unspecified atom stereocenters. The number of hydrazine groups is 1. The fraction of sp³-hybridized carbons (Fsp3) is 0.167. The van der Waals surface area contributed by atoms with E-state index < -0.39 is 0 Å². The minimum Gasteiger partial charge on any atom is -0.325 e. The van der Waals surface area contributed by atoms with E-state index in [1.165, 1.54) is 0 Å². The minimum absolute atomic E-state index is 0.463. The first-order valence-electron chi connectivity index (χ1n) is 2.98. The van der Waals surface area contributed by atoms with Crippen LogP contribution in [0.2, 0.25) is 0 Å². The van der Waals surface area contributed by atoms with Gasteiger partial charge in [-0.05, 0) is 12.1 Å². The van der Waals surface area contributed by atoms with Gasteiger partial charge in [-0.25, -0.2) is 0 Å². The topological polar surface area (TPSA) is 77.0 Å². The second-order valence-electron chi connectivity index (χ2n) is 1.89. The SMILES string of the molecule is NCc1ccc(NN)cn1. The molecular formula is C6H10N4. The number of pyridine rings is 1. The second-order valence-corrected chi connectivity index (χ2v) is 1.89. The molecule has 1 aromatic heterocycles. The molecule has 0 aliphatic rings. The summed E-state index contributed by atoms with van der Waals surface area (Å²) in [5, 5.41) is 0. The van der Waals surface area contributed by atoms with Crippen LogP contribution >= 0.6 is 0 Å². The zero-order chi connectivity index (χ0) is 7.40. The number of rotatable bonds is 2. The van der Waals surface area contributed by atoms with Crippen LogP contribution in [0, 0.1) is 0 Å². The van der Waals surface area contributed by atoms with E-state index in [1.807, 2.05) is 12.1 Å². The minimum atomic E-state index is 0.463. The largest absolute Gasteiger partial charge is 0.325 e. The maximum Gasteiger partial charge on any atom is 0.0669 e. The van der Waals surface area contributed by atoms with Gasteiger partial charge >= 0.3 is 0 Å². The summed E-state index contributed by atoms with van der Waals surface area (Å²) in [6, 6.07) is 3.66. The van der Waals surface area contributed by atoms with Crippen molar-refractivity contribution < 1.29 is 0 Å². The van der Waals surface area contributed by atoms with Crippen molar-refractivity contribution >= 4 is 5.69 Å². The summed E-state index contributed by atoms with van der Waals surface area (Å²) in [6.45, 7) is 0.463. The standard InChI is InChI=1S/C6H10N4/c7-3-5-1-2-6(10-8)4-9-5/h1-2,4,10H,3,7-8H2. The first-order chi connectivity index (χ1) is 4.86. The number of hydrogen-bond acceptors (Lipinski definition) is 4. The molecule has 0 aromatic carbocycles. The van der Waals surface area contributed by atoms with Gasteiger partial charge in [0, 0.05) is 6.54 Å². The molecule has 5 N–H and O–H groups in total. The third-order valence-electron chi connectivity index (χ3n) is 1.20. The number of nitrogens with zero attached hydrogens (tertiary/aromatic N) is 1. The maximum atomic E-state index is 5.33. The molecule has 1 heterocycles. The molecule has 0 bridgehead atoms. The van der Waals surface area contributed by atoms with Gasteiger partial charge in [-0.3, -0.25) is 10.8 Å². The number of nitrogens with one attached hydrogen (secondary N) is 1. The van der Waals surface area contributed by atoms with Crippen LogP contribution in [0.3, 0.4) is 0 Å². The zero-order valence-corrected chi connectivity index (χ0v) is 5.54. The summed E-state index contributed by atoms with van der Waals surface area (Å²) in [4.78, 5) is 4.00. The van der Waals surface area contributed by atoms with E-state index in [-0.39, 0.29) is 0 Å². The van der Waals surface area contributed by atoms with E-state index in [0.717, 1.165) is 11.4 Å². The van der Waals surface area contributed by atoms with Crippen molar-refractivity contribution in [3.63, 3.8) is 0 Å². The van der Waals surface area contributed by atoms with Crippen molar-refractivity contribution in [1.82, 2.24) is 4.98 Å². The summed E-state index contributed by atoms with van der Waals surface area (Å²) in [5.41, 5.74) is 9.45. The van der Waals surface area contributed by atoms with Crippen molar-refractivity contribution in [3.8, 4) is 0 Å². The number of hydrogen-bond donors (Lipinski definition) is 3. The van der Waals surface area contributed by atoms with Gasteiger partial charge in [0.1, 0.15) is 0 Å². The van der Waals surface area contributed by atoms with Gasteiger partial charge in [-0.1, -0.05) is 0 Å². The van der Waals surface area contributed by atoms with Crippen LogP contribution in [-0.2, 0) is 6.54 Å². The van der Waals surface area contributed by atoms with Gasteiger partial charge in [0.25, 0.3) is 0 Å². The Kier molecular flexibility index (Phi) is 2.20. The molecule has 0 aliphatic carbocycles. The summed E-state index contributed by atoms with van der Waals surface area (Å²) in [5.74, 6) is 5.12. The highest BCUT2D eigenvalue weighted by atomic mass is 15.2. The van der Waals surface area contributed by atoms with Crippen LogP contribution in [0.25, 0.3) is 0 Å². The molecular weight excluding hydrogens is 128 g/mol. The smallest absolute Gasteiger partial charge is 0.0669 e. The lowest BCUT2D eigenvalue weighted by Gasteiger charge is -1.98. The fourth-order valence-corrected chi connectivity index (χ4v) is 0.631. The van der Waals surface area contributed by atoms with Crippen LogP contribution in [0.4, 0.5) is 5.69 Å². The van der Waals surface area contributed by atoms with Crippen molar-refractivity contribution in [2.24, 2.45) is 11.6 Å². The highest BCUT2D eigenvalue weighted by Gasteiger charge is 1.89. The van der Waals surface area contributed by atoms with Crippen LogP contribution in [0.15, 0.2) is 18.3 Å².